The SMILES string of the molecule is CP(=O)(O)CN1CCN(CP(C)(=O)O)CCN(CP(C)(=O)O)[C@@H](CCCCNC(=O)CCC(=O)Oc2ccc([N+](=O)[O-])cc2)CN(CP(C)(=O)O)CC1. The highest BCUT2D eigenvalue weighted by atomic mass is 31.2. The van der Waals surface area contributed by atoms with E-state index in [4.69, 9.17) is 4.74 Å². The first-order chi connectivity index (χ1) is 24.4. The summed E-state index contributed by atoms with van der Waals surface area (Å²) in [7, 11) is -14.2. The maximum Gasteiger partial charge on any atom is 0.311 e. The summed E-state index contributed by atoms with van der Waals surface area (Å²) >= 11 is 0. The number of hydrogen-bond donors (Lipinski definition) is 5. The lowest BCUT2D eigenvalue weighted by Gasteiger charge is -2.39. The molecule has 23 heteroatoms. The number of nitro benzene ring substituents is 1. The molecule has 1 aromatic carbocycles. The predicted molar refractivity (Wildman–Crippen MR) is 203 cm³/mol. The van der Waals surface area contributed by atoms with Crippen molar-refractivity contribution < 1.29 is 57.1 Å². The summed E-state index contributed by atoms with van der Waals surface area (Å²) in [6.07, 6.45) is 0.513. The molecule has 1 saturated heterocycles. The summed E-state index contributed by atoms with van der Waals surface area (Å²) < 4.78 is 55.3. The summed E-state index contributed by atoms with van der Waals surface area (Å²) in [5, 5.41) is 13.5. The standard InChI is InChI=1S/C30H56N6O13P4/c1-50(41,42)22-32-15-16-33(23-51(2,43)44)19-20-35(25-53(4,47)48)27(21-34(18-17-32)24-52(3,45)46)7-5-6-14-31-29(37)12-13-30(38)49-28-10-8-26(9-11-28)36(39)40/h8-11,27H,5-7,12-25H2,1-4H3,(H,31,37)(H,41,42)(H,43,44)(H,45,46)(H,47,48)/t27-/m0/s1. The Morgan fingerprint density at radius 2 is 1.23 bits per heavy atom. The van der Waals surface area contributed by atoms with Gasteiger partial charge in [-0.2, -0.15) is 0 Å². The fourth-order valence-electron chi connectivity index (χ4n) is 5.92. The van der Waals surface area contributed by atoms with Crippen LogP contribution in [0.2, 0.25) is 0 Å². The Hall–Kier alpha value is -1.84. The number of unbranched alkanes of at least 4 members (excludes halogenated alkanes) is 1. The van der Waals surface area contributed by atoms with Crippen molar-refractivity contribution in [2.75, 3.05) is 104 Å². The van der Waals surface area contributed by atoms with Crippen LogP contribution in [0, 0.1) is 10.1 Å². The van der Waals surface area contributed by atoms with Crippen LogP contribution >= 0.6 is 29.5 Å². The first-order valence-electron chi connectivity index (χ1n) is 17.2. The number of ether oxygens (including phenoxy) is 1. The summed E-state index contributed by atoms with van der Waals surface area (Å²) in [4.78, 5) is 83.1. The molecule has 53 heavy (non-hydrogen) atoms. The van der Waals surface area contributed by atoms with Crippen LogP contribution in [0.5, 0.6) is 5.75 Å². The minimum atomic E-state index is -3.62. The Morgan fingerprint density at radius 1 is 0.755 bits per heavy atom. The first-order valence-corrected chi connectivity index (χ1v) is 26.3. The molecule has 2 rings (SSSR count). The van der Waals surface area contributed by atoms with Gasteiger partial charge in [-0.25, -0.2) is 0 Å². The largest absolute Gasteiger partial charge is 0.427 e. The average molecular weight is 833 g/mol. The van der Waals surface area contributed by atoms with Crippen LogP contribution in [0.4, 0.5) is 5.69 Å². The van der Waals surface area contributed by atoms with Gasteiger partial charge in [0.25, 0.3) is 5.69 Å². The maximum atomic E-state index is 12.8. The van der Waals surface area contributed by atoms with Gasteiger partial charge in [-0.3, -0.25) is 57.6 Å². The van der Waals surface area contributed by atoms with Crippen LogP contribution in [0.25, 0.3) is 0 Å². The van der Waals surface area contributed by atoms with Crippen LogP contribution in [0.1, 0.15) is 32.1 Å². The number of nitro groups is 1. The second kappa shape index (κ2) is 21.5. The molecule has 0 aliphatic carbocycles. The zero-order valence-corrected chi connectivity index (χ0v) is 34.5. The third kappa shape index (κ3) is 22.3. The Morgan fingerprint density at radius 3 is 1.72 bits per heavy atom. The molecule has 1 aliphatic heterocycles. The summed E-state index contributed by atoms with van der Waals surface area (Å²) in [6, 6.07) is 4.56. The lowest BCUT2D eigenvalue weighted by molar-refractivity contribution is -0.384. The molecule has 1 aliphatic rings. The van der Waals surface area contributed by atoms with E-state index in [0.717, 1.165) is 0 Å². The van der Waals surface area contributed by atoms with Gasteiger partial charge in [0.1, 0.15) is 5.75 Å². The molecule has 1 heterocycles. The summed E-state index contributed by atoms with van der Waals surface area (Å²) in [5.41, 5.74) is -0.157. The molecule has 5 N–H and O–H groups in total. The van der Waals surface area contributed by atoms with E-state index in [2.05, 4.69) is 5.32 Å². The minimum Gasteiger partial charge on any atom is -0.427 e. The monoisotopic (exact) mass is 832 g/mol. The molecule has 0 bridgehead atoms. The second-order valence-electron chi connectivity index (χ2n) is 14.1. The average Bonchev–Trinajstić information content (AvgIpc) is 2.99. The van der Waals surface area contributed by atoms with Crippen molar-refractivity contribution in [1.82, 2.24) is 24.9 Å². The zero-order valence-electron chi connectivity index (χ0n) is 30.9. The number of carbonyl (C=O) groups is 2. The van der Waals surface area contributed by atoms with Crippen molar-refractivity contribution in [2.24, 2.45) is 0 Å². The van der Waals surface area contributed by atoms with Gasteiger partial charge in [0.05, 0.1) is 36.5 Å². The molecule has 1 aromatic rings. The van der Waals surface area contributed by atoms with E-state index in [-0.39, 0.29) is 108 Å². The van der Waals surface area contributed by atoms with E-state index in [1.54, 1.807) is 14.7 Å². The van der Waals surface area contributed by atoms with Crippen LogP contribution in [0.3, 0.4) is 0 Å². The zero-order chi connectivity index (χ0) is 40.0. The van der Waals surface area contributed by atoms with Crippen molar-refractivity contribution in [3.05, 3.63) is 34.4 Å². The molecule has 19 nitrogen and oxygen atoms in total. The van der Waals surface area contributed by atoms with E-state index >= 15 is 0 Å². The third-order valence-electron chi connectivity index (χ3n) is 8.11. The van der Waals surface area contributed by atoms with Gasteiger partial charge in [-0.15, -0.1) is 0 Å². The second-order valence-corrected chi connectivity index (χ2v) is 23.7. The highest BCUT2D eigenvalue weighted by Gasteiger charge is 2.30. The lowest BCUT2D eigenvalue weighted by atomic mass is 10.1. The van der Waals surface area contributed by atoms with Crippen LogP contribution in [0.15, 0.2) is 24.3 Å². The molecule has 0 saturated carbocycles. The van der Waals surface area contributed by atoms with Crippen LogP contribution in [-0.4, -0.2) is 166 Å². The van der Waals surface area contributed by atoms with Crippen LogP contribution in [-0.2, 0) is 27.8 Å². The van der Waals surface area contributed by atoms with E-state index in [0.29, 0.717) is 19.3 Å². The number of nitrogens with one attached hydrogen (secondary N) is 1. The number of esters is 1. The minimum absolute atomic E-state index is 0.113. The number of benzene rings is 1. The number of nitrogens with zero attached hydrogens (tertiary/aromatic N) is 5. The molecular weight excluding hydrogens is 776 g/mol. The normalized spacial score (nSPS) is 22.2. The molecule has 4 unspecified atom stereocenters. The van der Waals surface area contributed by atoms with Gasteiger partial charge in [0.15, 0.2) is 0 Å². The van der Waals surface area contributed by atoms with E-state index in [1.165, 1.54) is 50.9 Å². The Kier molecular flexibility index (Phi) is 19.2. The van der Waals surface area contributed by atoms with Gasteiger partial charge >= 0.3 is 5.97 Å². The molecule has 0 radical (unpaired) electrons. The van der Waals surface area contributed by atoms with Crippen molar-refractivity contribution in [1.29, 1.82) is 0 Å². The molecule has 0 spiro atoms. The Balaban J connectivity index is 2.13. The fourth-order valence-corrected chi connectivity index (χ4v) is 10.0. The van der Waals surface area contributed by atoms with Gasteiger partial charge in [-0.05, 0) is 25.0 Å². The topological polar surface area (TPSA) is 261 Å². The summed E-state index contributed by atoms with van der Waals surface area (Å²) in [5.74, 6) is -0.956. The smallest absolute Gasteiger partial charge is 0.311 e. The first kappa shape index (κ1) is 47.3. The molecular formula is C30H56N6O13P4. The van der Waals surface area contributed by atoms with Crippen molar-refractivity contribution in [3.8, 4) is 5.75 Å². The van der Waals surface area contributed by atoms with Crippen LogP contribution < -0.4 is 10.1 Å². The number of amides is 1. The highest BCUT2D eigenvalue weighted by Crippen LogP contribution is 2.40. The van der Waals surface area contributed by atoms with Crippen molar-refractivity contribution >= 4 is 47.0 Å². The van der Waals surface area contributed by atoms with E-state index in [9.17, 15) is 57.5 Å². The molecule has 5 atom stereocenters. The van der Waals surface area contributed by atoms with Crippen molar-refractivity contribution in [2.45, 2.75) is 38.1 Å². The van der Waals surface area contributed by atoms with Gasteiger partial charge in [0, 0.05) is 104 Å². The lowest BCUT2D eigenvalue weighted by Crippen LogP contribution is -2.50. The summed E-state index contributed by atoms with van der Waals surface area (Å²) in [6.45, 7) is 7.03. The molecule has 0 aromatic heterocycles. The van der Waals surface area contributed by atoms with E-state index < -0.39 is 46.4 Å². The molecule has 1 amide bonds. The maximum absolute atomic E-state index is 12.8. The number of rotatable bonds is 18. The van der Waals surface area contributed by atoms with Gasteiger partial charge < -0.3 is 29.6 Å². The van der Waals surface area contributed by atoms with E-state index in [1.807, 2.05) is 4.90 Å². The molecule has 304 valence electrons. The quantitative estimate of drug-likeness (QED) is 0.0356. The number of carbonyl (C=O) groups excluding carboxylic acids is 2. The number of hydrogen-bond acceptors (Lipinski definition) is 13. The highest BCUT2D eigenvalue weighted by molar-refractivity contribution is 7.57. The fraction of sp³-hybridized carbons (Fsp3) is 0.733. The third-order valence-corrected chi connectivity index (χ3v) is 11.8. The Labute approximate surface area is 311 Å². The van der Waals surface area contributed by atoms with Gasteiger partial charge in [-0.1, -0.05) is 6.42 Å². The predicted octanol–water partition coefficient (Wildman–Crippen LogP) is 2.59. The number of non-ortho nitro benzene ring substituents is 1. The van der Waals surface area contributed by atoms with Crippen molar-refractivity contribution in [3.63, 3.8) is 0 Å². The Bertz CT molecular complexity index is 1550. The molecule has 1 fully saturated rings. The van der Waals surface area contributed by atoms with Gasteiger partial charge in [0.2, 0.25) is 35.4 Å².